The Bertz CT molecular complexity index is 492. The molecule has 0 aromatic heterocycles. The first-order chi connectivity index (χ1) is 11.2. The van der Waals surface area contributed by atoms with E-state index in [-0.39, 0.29) is 18.3 Å². The zero-order chi connectivity index (χ0) is 16.5. The fourth-order valence-electron chi connectivity index (χ4n) is 2.86. The molecule has 1 aromatic rings. The molecule has 4 nitrogen and oxygen atoms in total. The largest absolute Gasteiger partial charge is 0.492 e. The monoisotopic (exact) mass is 374 g/mol. The van der Waals surface area contributed by atoms with Gasteiger partial charge < -0.3 is 15.0 Å². The Kier molecular flexibility index (Phi) is 10.2. The molecule has 1 N–H and O–H groups in total. The molecule has 1 aromatic carbocycles. The van der Waals surface area contributed by atoms with Gasteiger partial charge in [0.05, 0.1) is 11.6 Å². The van der Waals surface area contributed by atoms with E-state index in [1.54, 1.807) is 6.07 Å². The highest BCUT2D eigenvalue weighted by Gasteiger charge is 2.21. The van der Waals surface area contributed by atoms with Crippen molar-refractivity contribution in [3.05, 3.63) is 29.3 Å². The van der Waals surface area contributed by atoms with Gasteiger partial charge in [-0.15, -0.1) is 12.4 Å². The van der Waals surface area contributed by atoms with Gasteiger partial charge in [-0.2, -0.15) is 0 Å². The van der Waals surface area contributed by atoms with E-state index in [1.165, 1.54) is 0 Å². The fourth-order valence-corrected chi connectivity index (χ4v) is 3.05. The van der Waals surface area contributed by atoms with Crippen LogP contribution in [-0.4, -0.2) is 43.6 Å². The number of ether oxygens (including phenoxy) is 1. The number of carbonyl (C=O) groups excluding carboxylic acids is 1. The van der Waals surface area contributed by atoms with Crippen LogP contribution in [0.3, 0.4) is 0 Å². The number of para-hydroxylation sites is 1. The normalized spacial score (nSPS) is 15.0. The van der Waals surface area contributed by atoms with E-state index in [4.69, 9.17) is 16.3 Å². The van der Waals surface area contributed by atoms with Gasteiger partial charge >= 0.3 is 0 Å². The molecule has 0 saturated carbocycles. The highest BCUT2D eigenvalue weighted by molar-refractivity contribution is 6.32. The van der Waals surface area contributed by atoms with Crippen molar-refractivity contribution < 1.29 is 9.53 Å². The first-order valence-electron chi connectivity index (χ1n) is 8.56. The second kappa shape index (κ2) is 11.6. The minimum absolute atomic E-state index is 0. The molecule has 0 bridgehead atoms. The third-order valence-corrected chi connectivity index (χ3v) is 4.59. The minimum Gasteiger partial charge on any atom is -0.492 e. The summed E-state index contributed by atoms with van der Waals surface area (Å²) >= 11 is 6.03. The minimum atomic E-state index is 0. The molecule has 24 heavy (non-hydrogen) atoms. The van der Waals surface area contributed by atoms with Crippen molar-refractivity contribution >= 4 is 29.9 Å². The maximum Gasteiger partial charge on any atom is 0.222 e. The SMILES string of the molecule is CCNCC1CCN(C(=O)CCCOc2ccccc2Cl)CC1.Cl. The smallest absolute Gasteiger partial charge is 0.222 e. The summed E-state index contributed by atoms with van der Waals surface area (Å²) in [4.78, 5) is 14.2. The average Bonchev–Trinajstić information content (AvgIpc) is 2.58. The summed E-state index contributed by atoms with van der Waals surface area (Å²) in [5, 5.41) is 4.01. The van der Waals surface area contributed by atoms with Crippen molar-refractivity contribution in [2.75, 3.05) is 32.8 Å². The zero-order valence-corrected chi connectivity index (χ0v) is 15.9. The molecule has 0 aliphatic carbocycles. The Hall–Kier alpha value is -0.970. The lowest BCUT2D eigenvalue weighted by molar-refractivity contribution is -0.132. The summed E-state index contributed by atoms with van der Waals surface area (Å²) < 4.78 is 5.62. The van der Waals surface area contributed by atoms with Crippen LogP contribution in [0.1, 0.15) is 32.6 Å². The van der Waals surface area contributed by atoms with E-state index in [9.17, 15) is 4.79 Å². The van der Waals surface area contributed by atoms with E-state index in [1.807, 2.05) is 23.1 Å². The summed E-state index contributed by atoms with van der Waals surface area (Å²) in [5.41, 5.74) is 0. The Labute approximate surface area is 156 Å². The van der Waals surface area contributed by atoms with Crippen LogP contribution in [0, 0.1) is 5.92 Å². The highest BCUT2D eigenvalue weighted by Crippen LogP contribution is 2.23. The average molecular weight is 375 g/mol. The maximum atomic E-state index is 12.2. The predicted octanol–water partition coefficient (Wildman–Crippen LogP) is 3.77. The van der Waals surface area contributed by atoms with E-state index < -0.39 is 0 Å². The number of hydrogen-bond acceptors (Lipinski definition) is 3. The third-order valence-electron chi connectivity index (χ3n) is 4.28. The number of rotatable bonds is 8. The van der Waals surface area contributed by atoms with Crippen LogP contribution in [0.4, 0.5) is 0 Å². The molecule has 1 saturated heterocycles. The predicted molar refractivity (Wildman–Crippen MR) is 101 cm³/mol. The topological polar surface area (TPSA) is 41.6 Å². The number of hydrogen-bond donors (Lipinski definition) is 1. The molecule has 1 aliphatic heterocycles. The first kappa shape index (κ1) is 21.1. The summed E-state index contributed by atoms with van der Waals surface area (Å²) in [5.74, 6) is 1.64. The van der Waals surface area contributed by atoms with E-state index in [0.717, 1.165) is 45.4 Å². The molecule has 0 spiro atoms. The molecular weight excluding hydrogens is 347 g/mol. The van der Waals surface area contributed by atoms with Gasteiger partial charge in [-0.3, -0.25) is 4.79 Å². The van der Waals surface area contributed by atoms with Gasteiger partial charge in [0, 0.05) is 19.5 Å². The molecule has 1 heterocycles. The molecule has 0 radical (unpaired) electrons. The van der Waals surface area contributed by atoms with Crippen LogP contribution in [0.25, 0.3) is 0 Å². The van der Waals surface area contributed by atoms with Crippen molar-refractivity contribution in [3.63, 3.8) is 0 Å². The quantitative estimate of drug-likeness (QED) is 0.704. The number of nitrogens with one attached hydrogen (secondary N) is 1. The zero-order valence-electron chi connectivity index (χ0n) is 14.3. The summed E-state index contributed by atoms with van der Waals surface area (Å²) in [6.45, 7) is 6.52. The van der Waals surface area contributed by atoms with Crippen LogP contribution >= 0.6 is 24.0 Å². The standard InChI is InChI=1S/C18H27ClN2O2.ClH/c1-2-20-14-15-9-11-21(12-10-15)18(22)8-5-13-23-17-7-4-3-6-16(17)19;/h3-4,6-7,15,20H,2,5,8-14H2,1H3;1H. The van der Waals surface area contributed by atoms with E-state index in [2.05, 4.69) is 12.2 Å². The van der Waals surface area contributed by atoms with Gasteiger partial charge in [0.2, 0.25) is 5.91 Å². The second-order valence-electron chi connectivity index (χ2n) is 6.01. The van der Waals surface area contributed by atoms with Crippen molar-refractivity contribution in [2.24, 2.45) is 5.92 Å². The third kappa shape index (κ3) is 6.88. The number of benzene rings is 1. The van der Waals surface area contributed by atoms with Crippen molar-refractivity contribution in [1.29, 1.82) is 0 Å². The Morgan fingerprint density at radius 2 is 2.04 bits per heavy atom. The number of carbonyl (C=O) groups is 1. The molecule has 136 valence electrons. The van der Waals surface area contributed by atoms with Gasteiger partial charge in [-0.1, -0.05) is 30.7 Å². The van der Waals surface area contributed by atoms with Gasteiger partial charge in [0.1, 0.15) is 5.75 Å². The molecule has 2 rings (SSSR count). The molecule has 0 unspecified atom stereocenters. The lowest BCUT2D eigenvalue weighted by atomic mass is 9.96. The van der Waals surface area contributed by atoms with Crippen LogP contribution in [0.5, 0.6) is 5.75 Å². The van der Waals surface area contributed by atoms with Crippen LogP contribution in [-0.2, 0) is 4.79 Å². The fraction of sp³-hybridized carbons (Fsp3) is 0.611. The molecule has 0 atom stereocenters. The Morgan fingerprint density at radius 1 is 1.33 bits per heavy atom. The molecule has 6 heteroatoms. The summed E-state index contributed by atoms with van der Waals surface area (Å²) in [7, 11) is 0. The van der Waals surface area contributed by atoms with Crippen LogP contribution in [0.15, 0.2) is 24.3 Å². The van der Waals surface area contributed by atoms with Crippen molar-refractivity contribution in [1.82, 2.24) is 10.2 Å². The number of likely N-dealkylation sites (tertiary alicyclic amines) is 1. The van der Waals surface area contributed by atoms with Gasteiger partial charge in [0.15, 0.2) is 0 Å². The molecule has 1 amide bonds. The van der Waals surface area contributed by atoms with E-state index in [0.29, 0.717) is 29.7 Å². The number of amides is 1. The van der Waals surface area contributed by atoms with Crippen molar-refractivity contribution in [2.45, 2.75) is 32.6 Å². The molecular formula is C18H28Cl2N2O2. The van der Waals surface area contributed by atoms with Crippen molar-refractivity contribution in [3.8, 4) is 5.75 Å². The van der Waals surface area contributed by atoms with E-state index >= 15 is 0 Å². The maximum absolute atomic E-state index is 12.2. The Morgan fingerprint density at radius 3 is 2.71 bits per heavy atom. The highest BCUT2D eigenvalue weighted by atomic mass is 35.5. The van der Waals surface area contributed by atoms with Gasteiger partial charge in [0.25, 0.3) is 0 Å². The number of piperidine rings is 1. The molecule has 1 fully saturated rings. The lowest BCUT2D eigenvalue weighted by Gasteiger charge is -2.32. The first-order valence-corrected chi connectivity index (χ1v) is 8.94. The summed E-state index contributed by atoms with van der Waals surface area (Å²) in [6.07, 6.45) is 3.48. The second-order valence-corrected chi connectivity index (χ2v) is 6.42. The van der Waals surface area contributed by atoms with Crippen LogP contribution < -0.4 is 10.1 Å². The lowest BCUT2D eigenvalue weighted by Crippen LogP contribution is -2.40. The number of halogens is 2. The number of nitrogens with zero attached hydrogens (tertiary/aromatic N) is 1. The van der Waals surface area contributed by atoms with Gasteiger partial charge in [-0.05, 0) is 50.4 Å². The Balaban J connectivity index is 0.00000288. The van der Waals surface area contributed by atoms with Crippen LogP contribution in [0.2, 0.25) is 5.02 Å². The summed E-state index contributed by atoms with van der Waals surface area (Å²) in [6, 6.07) is 7.42. The van der Waals surface area contributed by atoms with Gasteiger partial charge in [-0.25, -0.2) is 0 Å². The molecule has 1 aliphatic rings.